The summed E-state index contributed by atoms with van der Waals surface area (Å²) in [6.45, 7) is 3.75. The molecule has 1 aromatic carbocycles. The Morgan fingerprint density at radius 1 is 1.39 bits per heavy atom. The first kappa shape index (κ1) is 15.3. The Bertz CT molecular complexity index is 410. The summed E-state index contributed by atoms with van der Waals surface area (Å²) in [5.74, 6) is -0.242. The van der Waals surface area contributed by atoms with E-state index < -0.39 is 0 Å². The molecule has 0 saturated heterocycles. The van der Waals surface area contributed by atoms with Crippen LogP contribution in [0.25, 0.3) is 0 Å². The first-order valence-corrected chi connectivity index (χ1v) is 6.55. The standard InChI is InChI=1S/C13H17Cl2NO2/c1-3-6-16(9-13(17)18-2)8-10-4-5-11(14)7-12(10)15/h4-5,7H,3,6,8-9H2,1-2H3. The van der Waals surface area contributed by atoms with Crippen molar-refractivity contribution in [2.75, 3.05) is 20.2 Å². The van der Waals surface area contributed by atoms with Gasteiger partial charge in [-0.25, -0.2) is 0 Å². The molecule has 0 amide bonds. The zero-order chi connectivity index (χ0) is 13.5. The van der Waals surface area contributed by atoms with Gasteiger partial charge in [0, 0.05) is 16.6 Å². The predicted octanol–water partition coefficient (Wildman–Crippen LogP) is 3.38. The molecule has 0 aliphatic carbocycles. The minimum Gasteiger partial charge on any atom is -0.468 e. The van der Waals surface area contributed by atoms with Gasteiger partial charge < -0.3 is 4.74 Å². The van der Waals surface area contributed by atoms with E-state index in [1.54, 1.807) is 12.1 Å². The van der Waals surface area contributed by atoms with Gasteiger partial charge in [-0.1, -0.05) is 36.2 Å². The minimum atomic E-state index is -0.242. The SMILES string of the molecule is CCCN(CC(=O)OC)Cc1ccc(Cl)cc1Cl. The summed E-state index contributed by atoms with van der Waals surface area (Å²) in [6, 6.07) is 5.39. The molecule has 0 aliphatic heterocycles. The summed E-state index contributed by atoms with van der Waals surface area (Å²) in [5.41, 5.74) is 0.957. The third-order valence-electron chi connectivity index (χ3n) is 2.53. The smallest absolute Gasteiger partial charge is 0.319 e. The Balaban J connectivity index is 2.72. The zero-order valence-corrected chi connectivity index (χ0v) is 12.1. The normalized spacial score (nSPS) is 10.7. The molecule has 5 heteroatoms. The fourth-order valence-electron chi connectivity index (χ4n) is 1.67. The molecule has 18 heavy (non-hydrogen) atoms. The topological polar surface area (TPSA) is 29.5 Å². The highest BCUT2D eigenvalue weighted by atomic mass is 35.5. The third-order valence-corrected chi connectivity index (χ3v) is 3.12. The number of hydrogen-bond acceptors (Lipinski definition) is 3. The molecule has 0 bridgehead atoms. The van der Waals surface area contributed by atoms with Gasteiger partial charge in [0.25, 0.3) is 0 Å². The second-order valence-corrected chi connectivity index (χ2v) is 4.87. The highest BCUT2D eigenvalue weighted by molar-refractivity contribution is 6.35. The van der Waals surface area contributed by atoms with Gasteiger partial charge in [0.15, 0.2) is 0 Å². The van der Waals surface area contributed by atoms with Gasteiger partial charge in [-0.2, -0.15) is 0 Å². The largest absolute Gasteiger partial charge is 0.468 e. The average Bonchev–Trinajstić information content (AvgIpc) is 2.32. The van der Waals surface area contributed by atoms with Crippen LogP contribution in [0.1, 0.15) is 18.9 Å². The average molecular weight is 290 g/mol. The Morgan fingerprint density at radius 3 is 2.67 bits per heavy atom. The Morgan fingerprint density at radius 2 is 2.11 bits per heavy atom. The lowest BCUT2D eigenvalue weighted by molar-refractivity contribution is -0.142. The van der Waals surface area contributed by atoms with Crippen LogP contribution >= 0.6 is 23.2 Å². The Hall–Kier alpha value is -0.770. The van der Waals surface area contributed by atoms with Gasteiger partial charge >= 0.3 is 5.97 Å². The summed E-state index contributed by atoms with van der Waals surface area (Å²) in [5, 5.41) is 1.23. The number of rotatable bonds is 6. The van der Waals surface area contributed by atoms with Gasteiger partial charge in [-0.15, -0.1) is 0 Å². The number of esters is 1. The van der Waals surface area contributed by atoms with Crippen LogP contribution in [0.5, 0.6) is 0 Å². The lowest BCUT2D eigenvalue weighted by atomic mass is 10.2. The zero-order valence-electron chi connectivity index (χ0n) is 10.6. The van der Waals surface area contributed by atoms with Crippen LogP contribution in [0.4, 0.5) is 0 Å². The van der Waals surface area contributed by atoms with E-state index in [0.29, 0.717) is 16.6 Å². The molecule has 0 saturated carbocycles. The first-order valence-electron chi connectivity index (χ1n) is 5.80. The molecule has 3 nitrogen and oxygen atoms in total. The first-order chi connectivity index (χ1) is 8.56. The van der Waals surface area contributed by atoms with Crippen LogP contribution < -0.4 is 0 Å². The number of hydrogen-bond donors (Lipinski definition) is 0. The van der Waals surface area contributed by atoms with Crippen molar-refractivity contribution in [2.45, 2.75) is 19.9 Å². The second-order valence-electron chi connectivity index (χ2n) is 4.02. The number of ether oxygens (including phenoxy) is 1. The highest BCUT2D eigenvalue weighted by Crippen LogP contribution is 2.22. The number of halogens is 2. The molecule has 1 rings (SSSR count). The monoisotopic (exact) mass is 289 g/mol. The Labute approximate surface area is 118 Å². The molecule has 0 N–H and O–H groups in total. The van der Waals surface area contributed by atoms with Crippen molar-refractivity contribution >= 4 is 29.2 Å². The number of nitrogens with zero attached hydrogens (tertiary/aromatic N) is 1. The molecule has 0 unspecified atom stereocenters. The van der Waals surface area contributed by atoms with Crippen molar-refractivity contribution in [1.29, 1.82) is 0 Å². The van der Waals surface area contributed by atoms with E-state index in [1.807, 2.05) is 11.0 Å². The number of carbonyl (C=O) groups is 1. The van der Waals surface area contributed by atoms with E-state index in [0.717, 1.165) is 18.5 Å². The van der Waals surface area contributed by atoms with Crippen LogP contribution in [0, 0.1) is 0 Å². The van der Waals surface area contributed by atoms with Gasteiger partial charge in [0.2, 0.25) is 0 Å². The van der Waals surface area contributed by atoms with E-state index in [1.165, 1.54) is 7.11 Å². The molecular weight excluding hydrogens is 273 g/mol. The summed E-state index contributed by atoms with van der Waals surface area (Å²) < 4.78 is 4.68. The molecule has 0 spiro atoms. The summed E-state index contributed by atoms with van der Waals surface area (Å²) in [6.07, 6.45) is 0.961. The lowest BCUT2D eigenvalue weighted by Gasteiger charge is -2.20. The third kappa shape index (κ3) is 4.84. The number of methoxy groups -OCH3 is 1. The second kappa shape index (κ2) is 7.62. The van der Waals surface area contributed by atoms with Crippen LogP contribution in [0.3, 0.4) is 0 Å². The molecule has 0 atom stereocenters. The maximum Gasteiger partial charge on any atom is 0.319 e. The van der Waals surface area contributed by atoms with Crippen LogP contribution in [-0.4, -0.2) is 31.1 Å². The van der Waals surface area contributed by atoms with Crippen molar-refractivity contribution < 1.29 is 9.53 Å². The van der Waals surface area contributed by atoms with E-state index in [9.17, 15) is 4.79 Å². The molecule has 0 radical (unpaired) electrons. The fraction of sp³-hybridized carbons (Fsp3) is 0.462. The maximum absolute atomic E-state index is 11.3. The van der Waals surface area contributed by atoms with E-state index >= 15 is 0 Å². The molecule has 0 heterocycles. The lowest BCUT2D eigenvalue weighted by Crippen LogP contribution is -2.31. The summed E-state index contributed by atoms with van der Waals surface area (Å²) >= 11 is 12.0. The molecule has 0 aromatic heterocycles. The van der Waals surface area contributed by atoms with Gasteiger partial charge in [-0.3, -0.25) is 9.69 Å². The predicted molar refractivity (Wildman–Crippen MR) is 74.0 cm³/mol. The quantitative estimate of drug-likeness (QED) is 0.752. The maximum atomic E-state index is 11.3. The van der Waals surface area contributed by atoms with Crippen molar-refractivity contribution in [1.82, 2.24) is 4.90 Å². The van der Waals surface area contributed by atoms with Crippen molar-refractivity contribution in [3.63, 3.8) is 0 Å². The molecule has 0 fully saturated rings. The van der Waals surface area contributed by atoms with E-state index in [2.05, 4.69) is 11.7 Å². The van der Waals surface area contributed by atoms with Gasteiger partial charge in [-0.05, 0) is 30.7 Å². The molecule has 0 aliphatic rings. The molecule has 100 valence electrons. The van der Waals surface area contributed by atoms with E-state index in [4.69, 9.17) is 23.2 Å². The molecule has 1 aromatic rings. The highest BCUT2D eigenvalue weighted by Gasteiger charge is 2.12. The number of benzene rings is 1. The van der Waals surface area contributed by atoms with Crippen LogP contribution in [0.15, 0.2) is 18.2 Å². The van der Waals surface area contributed by atoms with Crippen molar-refractivity contribution in [3.05, 3.63) is 33.8 Å². The van der Waals surface area contributed by atoms with E-state index in [-0.39, 0.29) is 12.5 Å². The summed E-state index contributed by atoms with van der Waals surface area (Å²) in [4.78, 5) is 13.3. The van der Waals surface area contributed by atoms with Gasteiger partial charge in [0.05, 0.1) is 13.7 Å². The minimum absolute atomic E-state index is 0.242. The van der Waals surface area contributed by atoms with Crippen LogP contribution in [0.2, 0.25) is 10.0 Å². The van der Waals surface area contributed by atoms with Crippen LogP contribution in [-0.2, 0) is 16.1 Å². The fourth-order valence-corrected chi connectivity index (χ4v) is 2.14. The molecular formula is C13H17Cl2NO2. The van der Waals surface area contributed by atoms with Crippen molar-refractivity contribution in [3.8, 4) is 0 Å². The Kier molecular flexibility index (Phi) is 6.47. The summed E-state index contributed by atoms with van der Waals surface area (Å²) in [7, 11) is 1.39. The number of carbonyl (C=O) groups excluding carboxylic acids is 1. The van der Waals surface area contributed by atoms with Crippen molar-refractivity contribution in [2.24, 2.45) is 0 Å². The van der Waals surface area contributed by atoms with Gasteiger partial charge in [0.1, 0.15) is 0 Å².